The number of nitrogens with one attached hydrogen (secondary N) is 1. The zero-order chi connectivity index (χ0) is 20.2. The molecule has 2 rings (SSSR count). The molecule has 10 heteroatoms. The van der Waals surface area contributed by atoms with E-state index in [1.807, 2.05) is 0 Å². The van der Waals surface area contributed by atoms with E-state index in [0.29, 0.717) is 11.6 Å². The van der Waals surface area contributed by atoms with Crippen LogP contribution in [0.5, 0.6) is 0 Å². The lowest BCUT2D eigenvalue weighted by atomic mass is 10.1. The van der Waals surface area contributed by atoms with Crippen LogP contribution in [0.15, 0.2) is 24.3 Å². The molecule has 0 spiro atoms. The molecule has 27 heavy (non-hydrogen) atoms. The first-order valence-corrected chi connectivity index (χ1v) is 8.58. The second kappa shape index (κ2) is 8.60. The summed E-state index contributed by atoms with van der Waals surface area (Å²) in [5, 5.41) is 2.29. The van der Waals surface area contributed by atoms with Gasteiger partial charge in [-0.1, -0.05) is 23.7 Å². The molecule has 1 aliphatic rings. The fourth-order valence-corrected chi connectivity index (χ4v) is 2.89. The van der Waals surface area contributed by atoms with Gasteiger partial charge in [0.25, 0.3) is 0 Å². The van der Waals surface area contributed by atoms with E-state index in [0.717, 1.165) is 5.56 Å². The predicted molar refractivity (Wildman–Crippen MR) is 91.7 cm³/mol. The molecule has 0 radical (unpaired) electrons. The maximum atomic E-state index is 12.4. The number of likely N-dealkylation sites (N-methyl/N-ethyl adjacent to an activating group) is 1. The summed E-state index contributed by atoms with van der Waals surface area (Å²) < 4.78 is 36.4. The van der Waals surface area contributed by atoms with Crippen LogP contribution in [0.3, 0.4) is 0 Å². The molecule has 0 saturated carbocycles. The first-order chi connectivity index (χ1) is 12.6. The van der Waals surface area contributed by atoms with Crippen molar-refractivity contribution in [2.75, 3.05) is 26.7 Å². The van der Waals surface area contributed by atoms with E-state index in [9.17, 15) is 27.6 Å². The summed E-state index contributed by atoms with van der Waals surface area (Å²) in [4.78, 5) is 38.1. The molecule has 1 aromatic carbocycles. The van der Waals surface area contributed by atoms with Crippen LogP contribution in [0.1, 0.15) is 12.0 Å². The number of rotatable bonds is 6. The number of hydrogen-bond acceptors (Lipinski definition) is 3. The third-order valence-corrected chi connectivity index (χ3v) is 4.47. The smallest absolute Gasteiger partial charge is 0.347 e. The van der Waals surface area contributed by atoms with Crippen LogP contribution in [0, 0.1) is 5.92 Å². The summed E-state index contributed by atoms with van der Waals surface area (Å²) in [6.07, 6.45) is -4.91. The van der Waals surface area contributed by atoms with E-state index in [4.69, 9.17) is 11.6 Å². The van der Waals surface area contributed by atoms with Gasteiger partial charge in [-0.05, 0) is 17.7 Å². The first-order valence-electron chi connectivity index (χ1n) is 8.20. The lowest BCUT2D eigenvalue weighted by Crippen LogP contribution is -2.43. The van der Waals surface area contributed by atoms with Crippen molar-refractivity contribution in [3.63, 3.8) is 0 Å². The van der Waals surface area contributed by atoms with Crippen LogP contribution in [-0.4, -0.2) is 60.4 Å². The highest BCUT2D eigenvalue weighted by Gasteiger charge is 2.39. The number of hydrogen-bond donors (Lipinski definition) is 1. The van der Waals surface area contributed by atoms with Gasteiger partial charge in [0.2, 0.25) is 11.8 Å². The summed E-state index contributed by atoms with van der Waals surface area (Å²) in [5.41, 5.74) is 0.879. The van der Waals surface area contributed by atoms with Crippen molar-refractivity contribution in [2.24, 2.45) is 5.92 Å². The molecule has 1 unspecified atom stereocenters. The minimum absolute atomic E-state index is 0.0473. The van der Waals surface area contributed by atoms with Crippen molar-refractivity contribution in [3.8, 4) is 0 Å². The fraction of sp³-hybridized carbons (Fsp3) is 0.471. The van der Waals surface area contributed by atoms with Crippen LogP contribution in [-0.2, 0) is 20.9 Å². The molecule has 1 fully saturated rings. The van der Waals surface area contributed by atoms with E-state index >= 15 is 0 Å². The highest BCUT2D eigenvalue weighted by atomic mass is 35.5. The number of likely N-dealkylation sites (tertiary alicyclic amines) is 1. The van der Waals surface area contributed by atoms with Gasteiger partial charge in [-0.3, -0.25) is 14.4 Å². The van der Waals surface area contributed by atoms with Gasteiger partial charge in [0.1, 0.15) is 0 Å². The Hall–Kier alpha value is -2.29. The molecule has 1 saturated heterocycles. The number of carbonyl (C=O) groups is 3. The Morgan fingerprint density at radius 2 is 1.93 bits per heavy atom. The van der Waals surface area contributed by atoms with Crippen molar-refractivity contribution in [2.45, 2.75) is 19.1 Å². The summed E-state index contributed by atoms with van der Waals surface area (Å²) in [5.74, 6) is -3.12. The van der Waals surface area contributed by atoms with Gasteiger partial charge in [0, 0.05) is 44.7 Å². The average molecular weight is 406 g/mol. The minimum atomic E-state index is -4.96. The molecule has 6 nitrogen and oxygen atoms in total. The quantitative estimate of drug-likeness (QED) is 0.785. The number of carbonyl (C=O) groups excluding carboxylic acids is 3. The monoisotopic (exact) mass is 405 g/mol. The Balaban J connectivity index is 1.83. The molecule has 0 aliphatic carbocycles. The van der Waals surface area contributed by atoms with Crippen molar-refractivity contribution in [1.82, 2.24) is 15.1 Å². The topological polar surface area (TPSA) is 69.7 Å². The summed E-state index contributed by atoms with van der Waals surface area (Å²) in [6, 6.07) is 7.01. The Morgan fingerprint density at radius 1 is 1.30 bits per heavy atom. The Bertz CT molecular complexity index is 710. The predicted octanol–water partition coefficient (Wildman–Crippen LogP) is 1.83. The van der Waals surface area contributed by atoms with E-state index in [1.54, 1.807) is 34.5 Å². The van der Waals surface area contributed by atoms with E-state index in [2.05, 4.69) is 0 Å². The highest BCUT2D eigenvalue weighted by Crippen LogP contribution is 2.22. The van der Waals surface area contributed by atoms with Gasteiger partial charge in [0.15, 0.2) is 0 Å². The highest BCUT2D eigenvalue weighted by molar-refractivity contribution is 6.30. The maximum absolute atomic E-state index is 12.4. The normalized spacial score (nSPS) is 17.1. The zero-order valence-corrected chi connectivity index (χ0v) is 15.3. The number of alkyl halides is 3. The number of benzene rings is 1. The van der Waals surface area contributed by atoms with Crippen LogP contribution in [0.2, 0.25) is 5.02 Å². The van der Waals surface area contributed by atoms with Crippen molar-refractivity contribution < 1.29 is 27.6 Å². The molecule has 1 heterocycles. The zero-order valence-electron chi connectivity index (χ0n) is 14.6. The lowest BCUT2D eigenvalue weighted by Gasteiger charge is -2.22. The second-order valence-electron chi connectivity index (χ2n) is 6.32. The average Bonchev–Trinajstić information content (AvgIpc) is 2.95. The lowest BCUT2D eigenvalue weighted by molar-refractivity contribution is -0.173. The minimum Gasteiger partial charge on any atom is -0.347 e. The van der Waals surface area contributed by atoms with E-state index in [1.165, 1.54) is 11.9 Å². The fourth-order valence-electron chi connectivity index (χ4n) is 2.76. The molecule has 1 aliphatic heterocycles. The van der Waals surface area contributed by atoms with Crippen LogP contribution in [0.4, 0.5) is 13.2 Å². The van der Waals surface area contributed by atoms with Gasteiger partial charge in [-0.15, -0.1) is 0 Å². The second-order valence-corrected chi connectivity index (χ2v) is 6.75. The van der Waals surface area contributed by atoms with Crippen molar-refractivity contribution in [3.05, 3.63) is 34.9 Å². The summed E-state index contributed by atoms with van der Waals surface area (Å²) in [7, 11) is 1.43. The van der Waals surface area contributed by atoms with Gasteiger partial charge < -0.3 is 15.1 Å². The molecule has 3 amide bonds. The molecular weight excluding hydrogens is 387 g/mol. The molecular formula is C17H19ClF3N3O3. The SMILES string of the molecule is CN(CCNC(=O)C(F)(F)F)C(=O)C1CC(=O)N(Cc2ccc(Cl)cc2)C1. The van der Waals surface area contributed by atoms with Crippen LogP contribution in [0.25, 0.3) is 0 Å². The van der Waals surface area contributed by atoms with Gasteiger partial charge >= 0.3 is 12.1 Å². The Kier molecular flexibility index (Phi) is 6.69. The van der Waals surface area contributed by atoms with Gasteiger partial charge in [0.05, 0.1) is 5.92 Å². The van der Waals surface area contributed by atoms with Crippen molar-refractivity contribution >= 4 is 29.3 Å². The van der Waals surface area contributed by atoms with Gasteiger partial charge in [-0.2, -0.15) is 13.2 Å². The third-order valence-electron chi connectivity index (χ3n) is 4.22. The number of amides is 3. The summed E-state index contributed by atoms with van der Waals surface area (Å²) in [6.45, 7) is 0.183. The van der Waals surface area contributed by atoms with Gasteiger partial charge in [-0.25, -0.2) is 0 Å². The largest absolute Gasteiger partial charge is 0.471 e. The maximum Gasteiger partial charge on any atom is 0.471 e. The molecule has 148 valence electrons. The molecule has 1 atom stereocenters. The molecule has 0 bridgehead atoms. The van der Waals surface area contributed by atoms with Crippen molar-refractivity contribution in [1.29, 1.82) is 0 Å². The van der Waals surface area contributed by atoms with Crippen LogP contribution >= 0.6 is 11.6 Å². The Morgan fingerprint density at radius 3 is 2.52 bits per heavy atom. The third kappa shape index (κ3) is 5.85. The van der Waals surface area contributed by atoms with E-state index < -0.39 is 18.0 Å². The Labute approximate surface area is 159 Å². The summed E-state index contributed by atoms with van der Waals surface area (Å²) >= 11 is 5.82. The van der Waals surface area contributed by atoms with E-state index in [-0.39, 0.29) is 37.9 Å². The first kappa shape index (κ1) is 21.0. The number of halogens is 4. The number of nitrogens with zero attached hydrogens (tertiary/aromatic N) is 2. The van der Waals surface area contributed by atoms with Crippen LogP contribution < -0.4 is 5.32 Å². The molecule has 1 aromatic rings. The molecule has 0 aromatic heterocycles. The molecule has 1 N–H and O–H groups in total. The standard InChI is InChI=1S/C17H19ClF3N3O3/c1-23(7-6-22-16(27)17(19,20)21)15(26)12-8-14(25)24(10-12)9-11-2-4-13(18)5-3-11/h2-5,12H,6-10H2,1H3,(H,22,27).